The quantitative estimate of drug-likeness (QED) is 0.889. The van der Waals surface area contributed by atoms with E-state index >= 15 is 0 Å². The van der Waals surface area contributed by atoms with Crippen molar-refractivity contribution in [2.24, 2.45) is 0 Å². The van der Waals surface area contributed by atoms with Crippen LogP contribution in [0.2, 0.25) is 5.15 Å². The largest absolute Gasteiger partial charge is 0.460 e. The fourth-order valence-electron chi connectivity index (χ4n) is 1.78. The van der Waals surface area contributed by atoms with E-state index in [0.29, 0.717) is 17.1 Å². The number of alkyl carbamates (subject to hydrolysis) is 1. The molecule has 0 bridgehead atoms. The van der Waals surface area contributed by atoms with Gasteiger partial charge in [0.1, 0.15) is 28.6 Å². The zero-order chi connectivity index (χ0) is 17.2. The maximum Gasteiger partial charge on any atom is 0.407 e. The van der Waals surface area contributed by atoms with Crippen LogP contribution in [-0.2, 0) is 11.3 Å². The molecule has 0 saturated heterocycles. The summed E-state index contributed by atoms with van der Waals surface area (Å²) < 4.78 is 10.6. The van der Waals surface area contributed by atoms with Crippen LogP contribution in [0.25, 0.3) is 11.5 Å². The van der Waals surface area contributed by atoms with E-state index in [0.717, 1.165) is 5.76 Å². The van der Waals surface area contributed by atoms with E-state index in [4.69, 9.17) is 26.5 Å². The third kappa shape index (κ3) is 4.59. The monoisotopic (exact) mass is 338 g/mol. The lowest BCUT2D eigenvalue weighted by Gasteiger charge is -2.19. The molecule has 23 heavy (non-hydrogen) atoms. The highest BCUT2D eigenvalue weighted by molar-refractivity contribution is 6.31. The van der Waals surface area contributed by atoms with E-state index in [1.54, 1.807) is 32.9 Å². The Hall–Kier alpha value is -2.28. The number of ether oxygens (including phenoxy) is 1. The number of carbonyl (C=O) groups is 1. The highest BCUT2D eigenvalue weighted by Gasteiger charge is 2.18. The van der Waals surface area contributed by atoms with Crippen LogP contribution in [0.4, 0.5) is 10.6 Å². The van der Waals surface area contributed by atoms with Crippen LogP contribution in [0.1, 0.15) is 32.2 Å². The van der Waals surface area contributed by atoms with Gasteiger partial charge in [0.2, 0.25) is 0 Å². The molecule has 124 valence electrons. The average molecular weight is 339 g/mol. The summed E-state index contributed by atoms with van der Waals surface area (Å²) in [4.78, 5) is 20.0. The van der Waals surface area contributed by atoms with Gasteiger partial charge in [0.15, 0.2) is 10.9 Å². The van der Waals surface area contributed by atoms with Crippen molar-refractivity contribution in [3.8, 4) is 11.5 Å². The lowest BCUT2D eigenvalue weighted by Crippen LogP contribution is -2.32. The lowest BCUT2D eigenvalue weighted by molar-refractivity contribution is 0.0523. The molecule has 0 saturated carbocycles. The van der Waals surface area contributed by atoms with Crippen LogP contribution in [-0.4, -0.2) is 21.7 Å². The molecule has 0 aromatic carbocycles. The molecule has 0 atom stereocenters. The lowest BCUT2D eigenvalue weighted by atomic mass is 10.2. The Morgan fingerprint density at radius 2 is 2.09 bits per heavy atom. The van der Waals surface area contributed by atoms with Gasteiger partial charge in [-0.15, -0.1) is 0 Å². The summed E-state index contributed by atoms with van der Waals surface area (Å²) in [6.45, 7) is 7.20. The third-order valence-electron chi connectivity index (χ3n) is 2.73. The van der Waals surface area contributed by atoms with E-state index < -0.39 is 11.7 Å². The van der Waals surface area contributed by atoms with Crippen LogP contribution in [0.3, 0.4) is 0 Å². The number of carbonyl (C=O) groups excluding carboxylic acids is 1. The van der Waals surface area contributed by atoms with Gasteiger partial charge in [-0.25, -0.2) is 14.8 Å². The summed E-state index contributed by atoms with van der Waals surface area (Å²) in [7, 11) is 0. The molecule has 0 aliphatic heterocycles. The molecule has 0 spiro atoms. The van der Waals surface area contributed by atoms with E-state index in [1.807, 2.05) is 6.92 Å². The van der Waals surface area contributed by atoms with E-state index in [2.05, 4.69) is 15.3 Å². The third-order valence-corrected chi connectivity index (χ3v) is 2.99. The zero-order valence-electron chi connectivity index (χ0n) is 13.4. The van der Waals surface area contributed by atoms with Crippen molar-refractivity contribution in [3.63, 3.8) is 0 Å². The van der Waals surface area contributed by atoms with Gasteiger partial charge in [0, 0.05) is 0 Å². The van der Waals surface area contributed by atoms with Crippen molar-refractivity contribution in [2.75, 3.05) is 5.73 Å². The molecule has 0 fully saturated rings. The second-order valence-electron chi connectivity index (χ2n) is 5.96. The predicted octanol–water partition coefficient (Wildman–Crippen LogP) is 3.31. The summed E-state index contributed by atoms with van der Waals surface area (Å²) in [5.74, 6) is 1.37. The van der Waals surface area contributed by atoms with Gasteiger partial charge in [-0.1, -0.05) is 11.6 Å². The zero-order valence-corrected chi connectivity index (χ0v) is 14.2. The number of aryl methyl sites for hydroxylation is 1. The number of furan rings is 1. The van der Waals surface area contributed by atoms with Crippen molar-refractivity contribution in [1.82, 2.24) is 15.3 Å². The highest BCUT2D eigenvalue weighted by atomic mass is 35.5. The maximum atomic E-state index is 11.6. The molecule has 0 aliphatic rings. The van der Waals surface area contributed by atoms with E-state index in [9.17, 15) is 4.79 Å². The van der Waals surface area contributed by atoms with Gasteiger partial charge < -0.3 is 20.2 Å². The van der Waals surface area contributed by atoms with E-state index in [-0.39, 0.29) is 17.5 Å². The van der Waals surface area contributed by atoms with Crippen LogP contribution < -0.4 is 11.1 Å². The van der Waals surface area contributed by atoms with Crippen molar-refractivity contribution in [3.05, 3.63) is 28.7 Å². The number of rotatable bonds is 3. The second-order valence-corrected chi connectivity index (χ2v) is 6.32. The van der Waals surface area contributed by atoms with Gasteiger partial charge in [-0.3, -0.25) is 0 Å². The number of anilines is 1. The van der Waals surface area contributed by atoms with Crippen LogP contribution >= 0.6 is 11.6 Å². The van der Waals surface area contributed by atoms with Crippen molar-refractivity contribution >= 4 is 23.5 Å². The molecular formula is C15H19ClN4O3. The molecule has 3 N–H and O–H groups in total. The van der Waals surface area contributed by atoms with Gasteiger partial charge in [-0.05, 0) is 39.8 Å². The molecular weight excluding hydrogens is 320 g/mol. The number of aromatic nitrogens is 2. The first-order chi connectivity index (χ1) is 10.7. The van der Waals surface area contributed by atoms with Crippen molar-refractivity contribution in [1.29, 1.82) is 0 Å². The highest BCUT2D eigenvalue weighted by Crippen LogP contribution is 2.27. The minimum Gasteiger partial charge on any atom is -0.460 e. The number of amides is 1. The van der Waals surface area contributed by atoms with Crippen LogP contribution in [0, 0.1) is 6.92 Å². The molecule has 0 radical (unpaired) electrons. The Bertz CT molecular complexity index is 722. The normalized spacial score (nSPS) is 11.3. The minimum absolute atomic E-state index is 0.0604. The molecule has 0 unspecified atom stereocenters. The molecule has 7 nitrogen and oxygen atoms in total. The summed E-state index contributed by atoms with van der Waals surface area (Å²) in [6, 6.07) is 3.53. The second kappa shape index (κ2) is 6.45. The molecule has 2 heterocycles. The van der Waals surface area contributed by atoms with Crippen molar-refractivity contribution in [2.45, 2.75) is 39.8 Å². The first-order valence-corrected chi connectivity index (χ1v) is 7.39. The Kier molecular flexibility index (Phi) is 4.79. The molecule has 0 aliphatic carbocycles. The first-order valence-electron chi connectivity index (χ1n) is 7.01. The topological polar surface area (TPSA) is 103 Å². The maximum absolute atomic E-state index is 11.6. The van der Waals surface area contributed by atoms with Crippen molar-refractivity contribution < 1.29 is 13.9 Å². The Balaban J connectivity index is 2.13. The Morgan fingerprint density at radius 1 is 1.39 bits per heavy atom. The fraction of sp³-hybridized carbons (Fsp3) is 0.400. The predicted molar refractivity (Wildman–Crippen MR) is 87.0 cm³/mol. The number of hydrogen-bond donors (Lipinski definition) is 2. The molecule has 2 aromatic heterocycles. The SMILES string of the molecule is Cc1ccc(-c2nc(N)c(CNC(=O)OC(C)(C)C)nc2Cl)o1. The van der Waals surface area contributed by atoms with Gasteiger partial charge in [0.25, 0.3) is 0 Å². The standard InChI is InChI=1S/C15H19ClN4O3/c1-8-5-6-10(22-8)11-12(16)19-9(13(17)20-11)7-18-14(21)23-15(2,3)4/h5-6H,7H2,1-4H3,(H2,17,20)(H,18,21). The fourth-order valence-corrected chi connectivity index (χ4v) is 2.02. The number of nitrogens with zero attached hydrogens (tertiary/aromatic N) is 2. The Morgan fingerprint density at radius 3 is 2.65 bits per heavy atom. The smallest absolute Gasteiger partial charge is 0.407 e. The van der Waals surface area contributed by atoms with Gasteiger partial charge in [-0.2, -0.15) is 0 Å². The van der Waals surface area contributed by atoms with Crippen LogP contribution in [0.5, 0.6) is 0 Å². The number of hydrogen-bond acceptors (Lipinski definition) is 6. The number of nitrogens with one attached hydrogen (secondary N) is 1. The average Bonchev–Trinajstić information content (AvgIpc) is 2.83. The van der Waals surface area contributed by atoms with Gasteiger partial charge >= 0.3 is 6.09 Å². The summed E-state index contributed by atoms with van der Waals surface area (Å²) in [5, 5.41) is 2.71. The van der Waals surface area contributed by atoms with Crippen LogP contribution in [0.15, 0.2) is 16.5 Å². The Labute approximate surface area is 139 Å². The summed E-state index contributed by atoms with van der Waals surface area (Å²) in [5.41, 5.74) is 6.01. The minimum atomic E-state index is -0.583. The van der Waals surface area contributed by atoms with Gasteiger partial charge in [0.05, 0.1) is 6.54 Å². The molecule has 2 rings (SSSR count). The summed E-state index contributed by atoms with van der Waals surface area (Å²) in [6.07, 6.45) is -0.569. The molecule has 8 heteroatoms. The number of nitrogen functional groups attached to an aromatic ring is 1. The van der Waals surface area contributed by atoms with E-state index in [1.165, 1.54) is 0 Å². The molecule has 2 aromatic rings. The number of nitrogens with two attached hydrogens (primary N) is 1. The molecule has 1 amide bonds. The first kappa shape index (κ1) is 17.1. The summed E-state index contributed by atoms with van der Waals surface area (Å²) >= 11 is 6.13. The number of halogens is 1.